The number of pyridine rings is 1. The second-order valence-corrected chi connectivity index (χ2v) is 5.72. The van der Waals surface area contributed by atoms with Crippen LogP contribution >= 0.6 is 0 Å². The van der Waals surface area contributed by atoms with Crippen molar-refractivity contribution >= 4 is 10.9 Å². The lowest BCUT2D eigenvalue weighted by atomic mass is 9.93. The first kappa shape index (κ1) is 14.9. The molecule has 0 aliphatic rings. The molecule has 0 amide bonds. The van der Waals surface area contributed by atoms with Gasteiger partial charge in [0.15, 0.2) is 0 Å². The fraction of sp³-hybridized carbons (Fsp3) is 0.438. The Balaban J connectivity index is 2.22. The molecule has 108 valence electrons. The third-order valence-corrected chi connectivity index (χ3v) is 3.73. The van der Waals surface area contributed by atoms with Crippen molar-refractivity contribution in [1.29, 1.82) is 0 Å². The Morgan fingerprint density at radius 1 is 1.30 bits per heavy atom. The third-order valence-electron chi connectivity index (χ3n) is 3.73. The van der Waals surface area contributed by atoms with Gasteiger partial charge < -0.3 is 4.74 Å². The zero-order valence-electron chi connectivity index (χ0n) is 12.4. The smallest absolute Gasteiger partial charge is 0.0704 e. The Labute approximate surface area is 120 Å². The van der Waals surface area contributed by atoms with Gasteiger partial charge in [0, 0.05) is 24.7 Å². The number of hydrazine groups is 1. The number of para-hydroxylation sites is 1. The van der Waals surface area contributed by atoms with Crippen molar-refractivity contribution < 1.29 is 4.74 Å². The summed E-state index contributed by atoms with van der Waals surface area (Å²) in [4.78, 5) is 4.39. The highest BCUT2D eigenvalue weighted by Crippen LogP contribution is 2.21. The number of hydrogen-bond acceptors (Lipinski definition) is 4. The zero-order valence-corrected chi connectivity index (χ0v) is 12.4. The van der Waals surface area contributed by atoms with Crippen molar-refractivity contribution in [3.63, 3.8) is 0 Å². The minimum atomic E-state index is -0.195. The van der Waals surface area contributed by atoms with Gasteiger partial charge in [0.1, 0.15) is 0 Å². The van der Waals surface area contributed by atoms with E-state index in [0.29, 0.717) is 0 Å². The molecule has 3 N–H and O–H groups in total. The second-order valence-electron chi connectivity index (χ2n) is 5.72. The van der Waals surface area contributed by atoms with Crippen molar-refractivity contribution in [2.24, 2.45) is 5.84 Å². The Morgan fingerprint density at radius 2 is 2.05 bits per heavy atom. The van der Waals surface area contributed by atoms with Gasteiger partial charge in [0.2, 0.25) is 0 Å². The Hall–Kier alpha value is -1.49. The molecule has 1 aromatic heterocycles. The first-order valence-corrected chi connectivity index (χ1v) is 6.89. The summed E-state index contributed by atoms with van der Waals surface area (Å²) in [5.41, 5.74) is 4.99. The molecule has 1 atom stereocenters. The van der Waals surface area contributed by atoms with E-state index >= 15 is 0 Å². The maximum atomic E-state index is 5.71. The number of benzene rings is 1. The lowest BCUT2D eigenvalue weighted by molar-refractivity contribution is 0.00713. The second kappa shape index (κ2) is 6.31. The van der Waals surface area contributed by atoms with Gasteiger partial charge >= 0.3 is 0 Å². The average molecular weight is 273 g/mol. The fourth-order valence-corrected chi connectivity index (χ4v) is 2.47. The molecular weight excluding hydrogens is 250 g/mol. The first-order chi connectivity index (χ1) is 9.55. The van der Waals surface area contributed by atoms with Crippen molar-refractivity contribution in [1.82, 2.24) is 10.4 Å². The van der Waals surface area contributed by atoms with Gasteiger partial charge in [-0.3, -0.25) is 16.3 Å². The minimum absolute atomic E-state index is 0.163. The quantitative estimate of drug-likeness (QED) is 0.627. The predicted octanol–water partition coefficient (Wildman–Crippen LogP) is 2.42. The summed E-state index contributed by atoms with van der Waals surface area (Å²) in [6, 6.07) is 10.4. The van der Waals surface area contributed by atoms with Crippen molar-refractivity contribution in [3.8, 4) is 0 Å². The van der Waals surface area contributed by atoms with Crippen LogP contribution in [-0.2, 0) is 11.2 Å². The van der Waals surface area contributed by atoms with E-state index in [2.05, 4.69) is 36.4 Å². The maximum absolute atomic E-state index is 5.71. The van der Waals surface area contributed by atoms with Gasteiger partial charge in [-0.1, -0.05) is 18.2 Å². The molecule has 1 aromatic carbocycles. The van der Waals surface area contributed by atoms with Crippen molar-refractivity contribution in [3.05, 3.63) is 42.1 Å². The van der Waals surface area contributed by atoms with Crippen LogP contribution in [0.4, 0.5) is 0 Å². The van der Waals surface area contributed by atoms with E-state index in [1.54, 1.807) is 7.11 Å². The third kappa shape index (κ3) is 3.54. The zero-order chi connectivity index (χ0) is 14.6. The number of nitrogens with zero attached hydrogens (tertiary/aromatic N) is 1. The minimum Gasteiger partial charge on any atom is -0.379 e. The molecule has 0 aliphatic heterocycles. The lowest BCUT2D eigenvalue weighted by Crippen LogP contribution is -2.42. The SMILES string of the molecule is COC(C)(C)CC(Cc1ccnc2ccccc12)NN. The number of hydrogen-bond donors (Lipinski definition) is 2. The van der Waals surface area contributed by atoms with Crippen LogP contribution in [0.5, 0.6) is 0 Å². The Bertz CT molecular complexity index is 563. The molecule has 1 unspecified atom stereocenters. The highest BCUT2D eigenvalue weighted by molar-refractivity contribution is 5.81. The molecular formula is C16H23N3O. The van der Waals surface area contributed by atoms with E-state index in [-0.39, 0.29) is 11.6 Å². The van der Waals surface area contributed by atoms with Crippen LogP contribution in [0.1, 0.15) is 25.8 Å². The molecule has 0 saturated heterocycles. The van der Waals surface area contributed by atoms with E-state index in [0.717, 1.165) is 18.4 Å². The summed E-state index contributed by atoms with van der Waals surface area (Å²) in [5.74, 6) is 5.71. The molecule has 0 radical (unpaired) electrons. The number of ether oxygens (including phenoxy) is 1. The van der Waals surface area contributed by atoms with Gasteiger partial charge in [-0.05, 0) is 44.4 Å². The molecule has 0 aliphatic carbocycles. The highest BCUT2D eigenvalue weighted by Gasteiger charge is 2.22. The Morgan fingerprint density at radius 3 is 2.75 bits per heavy atom. The normalized spacial score (nSPS) is 13.6. The molecule has 2 rings (SSSR count). The van der Waals surface area contributed by atoms with E-state index in [1.165, 1.54) is 10.9 Å². The van der Waals surface area contributed by atoms with Gasteiger partial charge in [0.05, 0.1) is 11.1 Å². The number of nitrogens with one attached hydrogen (secondary N) is 1. The van der Waals surface area contributed by atoms with E-state index < -0.39 is 0 Å². The van der Waals surface area contributed by atoms with E-state index in [9.17, 15) is 0 Å². The summed E-state index contributed by atoms with van der Waals surface area (Å²) in [5, 5.41) is 1.19. The number of fused-ring (bicyclic) bond motifs is 1. The largest absolute Gasteiger partial charge is 0.379 e. The number of aromatic nitrogens is 1. The summed E-state index contributed by atoms with van der Waals surface area (Å²) < 4.78 is 5.49. The van der Waals surface area contributed by atoms with E-state index in [4.69, 9.17) is 10.6 Å². The predicted molar refractivity (Wildman–Crippen MR) is 82.3 cm³/mol. The molecule has 1 heterocycles. The van der Waals surface area contributed by atoms with Gasteiger partial charge in [0.25, 0.3) is 0 Å². The lowest BCUT2D eigenvalue weighted by Gasteiger charge is -2.28. The van der Waals surface area contributed by atoms with Crippen LogP contribution in [0, 0.1) is 0 Å². The molecule has 0 saturated carbocycles. The van der Waals surface area contributed by atoms with Gasteiger partial charge in [-0.15, -0.1) is 0 Å². The average Bonchev–Trinajstić information content (AvgIpc) is 2.46. The molecule has 2 aromatic rings. The van der Waals surface area contributed by atoms with Crippen LogP contribution in [0.3, 0.4) is 0 Å². The van der Waals surface area contributed by atoms with Crippen LogP contribution in [-0.4, -0.2) is 23.7 Å². The molecule has 0 spiro atoms. The number of rotatable bonds is 6. The monoisotopic (exact) mass is 273 g/mol. The van der Waals surface area contributed by atoms with Crippen LogP contribution in [0.2, 0.25) is 0 Å². The molecule has 0 fully saturated rings. The summed E-state index contributed by atoms with van der Waals surface area (Å²) in [7, 11) is 1.73. The Kier molecular flexibility index (Phi) is 4.70. The van der Waals surface area contributed by atoms with E-state index in [1.807, 2.05) is 24.4 Å². The topological polar surface area (TPSA) is 60.2 Å². The molecule has 20 heavy (non-hydrogen) atoms. The van der Waals surface area contributed by atoms with Crippen LogP contribution in [0.15, 0.2) is 36.5 Å². The molecule has 0 bridgehead atoms. The van der Waals surface area contributed by atoms with Gasteiger partial charge in [-0.25, -0.2) is 0 Å². The fourth-order valence-electron chi connectivity index (χ4n) is 2.47. The number of methoxy groups -OCH3 is 1. The van der Waals surface area contributed by atoms with Gasteiger partial charge in [-0.2, -0.15) is 0 Å². The van der Waals surface area contributed by atoms with Crippen molar-refractivity contribution in [2.75, 3.05) is 7.11 Å². The summed E-state index contributed by atoms with van der Waals surface area (Å²) >= 11 is 0. The molecule has 4 nitrogen and oxygen atoms in total. The maximum Gasteiger partial charge on any atom is 0.0704 e. The number of nitrogens with two attached hydrogens (primary N) is 1. The summed E-state index contributed by atoms with van der Waals surface area (Å²) in [6.45, 7) is 4.14. The highest BCUT2D eigenvalue weighted by atomic mass is 16.5. The van der Waals surface area contributed by atoms with Crippen molar-refractivity contribution in [2.45, 2.75) is 38.3 Å². The standard InChI is InChI=1S/C16H23N3O/c1-16(2,20-3)11-13(19-17)10-12-8-9-18-15-7-5-4-6-14(12)15/h4-9,13,19H,10-11,17H2,1-3H3. The molecule has 4 heteroatoms. The van der Waals surface area contributed by atoms with Crippen LogP contribution < -0.4 is 11.3 Å². The van der Waals surface area contributed by atoms with Crippen LogP contribution in [0.25, 0.3) is 10.9 Å². The first-order valence-electron chi connectivity index (χ1n) is 6.89. The summed E-state index contributed by atoms with van der Waals surface area (Å²) in [6.07, 6.45) is 3.55.